The number of fused-ring (bicyclic) bond motifs is 9. The van der Waals surface area contributed by atoms with Crippen LogP contribution in [-0.2, 0) is 6.54 Å². The van der Waals surface area contributed by atoms with E-state index in [4.69, 9.17) is 0 Å². The van der Waals surface area contributed by atoms with Crippen LogP contribution in [0.2, 0.25) is 0 Å². The lowest BCUT2D eigenvalue weighted by atomic mass is 9.92. The number of aromatic nitrogens is 1. The van der Waals surface area contributed by atoms with Gasteiger partial charge in [-0.3, -0.25) is 0 Å². The lowest BCUT2D eigenvalue weighted by molar-refractivity contribution is 0.853. The van der Waals surface area contributed by atoms with E-state index in [9.17, 15) is 0 Å². The Hall–Kier alpha value is -7.10. The van der Waals surface area contributed by atoms with Crippen molar-refractivity contribution in [2.75, 3.05) is 4.90 Å². The summed E-state index contributed by atoms with van der Waals surface area (Å²) in [5.41, 5.74) is 18.0. The molecule has 0 radical (unpaired) electrons. The fraction of sp³-hybridized carbons (Fsp3) is 0.0196. The largest absolute Gasteiger partial charge is 0.386 e. The molecule has 11 rings (SSSR count). The Morgan fingerprint density at radius 3 is 1.94 bits per heavy atom. The predicted octanol–water partition coefficient (Wildman–Crippen LogP) is 13.1. The highest BCUT2D eigenvalue weighted by atomic mass is 15.2. The average molecular weight is 690 g/mol. The normalized spacial score (nSPS) is 13.0. The van der Waals surface area contributed by atoms with E-state index in [1.807, 2.05) is 0 Å². The Morgan fingerprint density at radius 1 is 0.444 bits per heavy atom. The number of anilines is 3. The molecule has 2 aliphatic heterocycles. The van der Waals surface area contributed by atoms with E-state index >= 15 is 0 Å². The minimum absolute atomic E-state index is 0.840. The molecule has 0 atom stereocenters. The van der Waals surface area contributed by atoms with Crippen LogP contribution in [-0.4, -0.2) is 4.57 Å². The van der Waals surface area contributed by atoms with Crippen molar-refractivity contribution in [3.8, 4) is 39.2 Å². The second kappa shape index (κ2) is 12.3. The number of para-hydroxylation sites is 3. The molecule has 254 valence electrons. The standard InChI is InChI=1S/C51H35N3/c1-3-21-40-34(14-1)16-13-26-41(40)35-17-11-20-39(30-35)54-48-28-9-6-24-44(48)50-43-23-5-8-27-47(43)53(49-29-10-7-25-45(49)51(50)54)38-19-12-18-36(31-38)46-33-52-32-37-15-2-4-22-42(37)46/h1-31,33,52H,32H2. The van der Waals surface area contributed by atoms with Crippen LogP contribution in [0.15, 0.2) is 194 Å². The maximum absolute atomic E-state index is 3.52. The van der Waals surface area contributed by atoms with Gasteiger partial charge < -0.3 is 14.8 Å². The molecule has 0 unspecified atom stereocenters. The highest BCUT2D eigenvalue weighted by molar-refractivity contribution is 6.13. The van der Waals surface area contributed by atoms with E-state index in [-0.39, 0.29) is 0 Å². The summed E-state index contributed by atoms with van der Waals surface area (Å²) >= 11 is 0. The molecule has 1 aromatic heterocycles. The van der Waals surface area contributed by atoms with E-state index in [2.05, 4.69) is 209 Å². The van der Waals surface area contributed by atoms with Gasteiger partial charge in [0.25, 0.3) is 0 Å². The van der Waals surface area contributed by atoms with Crippen molar-refractivity contribution >= 4 is 44.3 Å². The highest BCUT2D eigenvalue weighted by Crippen LogP contribution is 2.54. The molecule has 0 saturated carbocycles. The highest BCUT2D eigenvalue weighted by Gasteiger charge is 2.31. The summed E-state index contributed by atoms with van der Waals surface area (Å²) in [6.45, 7) is 0.840. The van der Waals surface area contributed by atoms with Gasteiger partial charge in [-0.05, 0) is 81.1 Å². The van der Waals surface area contributed by atoms with Crippen molar-refractivity contribution in [1.82, 2.24) is 9.88 Å². The Balaban J connectivity index is 1.16. The minimum atomic E-state index is 0.840. The minimum Gasteiger partial charge on any atom is -0.386 e. The van der Waals surface area contributed by atoms with E-state index in [0.717, 1.165) is 29.3 Å². The van der Waals surface area contributed by atoms with Gasteiger partial charge in [-0.25, -0.2) is 0 Å². The molecule has 0 fully saturated rings. The SMILES string of the molecule is C1=C(c2cccc(N3c4ccccc4-c4c(n(-c5cccc(-c6cccc7ccccc67)c5)c5ccccc45)-c4ccccc43)c2)c2ccccc2CN1. The van der Waals surface area contributed by atoms with Gasteiger partial charge in [0.1, 0.15) is 0 Å². The lowest BCUT2D eigenvalue weighted by Gasteiger charge is -2.28. The van der Waals surface area contributed by atoms with Crippen molar-refractivity contribution in [1.29, 1.82) is 0 Å². The van der Waals surface area contributed by atoms with Gasteiger partial charge in [-0.2, -0.15) is 0 Å². The first-order valence-electron chi connectivity index (χ1n) is 18.6. The van der Waals surface area contributed by atoms with Crippen LogP contribution in [0.4, 0.5) is 17.1 Å². The third-order valence-electron chi connectivity index (χ3n) is 11.2. The van der Waals surface area contributed by atoms with Crippen molar-refractivity contribution in [2.24, 2.45) is 0 Å². The summed E-state index contributed by atoms with van der Waals surface area (Å²) in [5.74, 6) is 0. The number of nitrogens with one attached hydrogen (secondary N) is 1. The van der Waals surface area contributed by atoms with Gasteiger partial charge >= 0.3 is 0 Å². The summed E-state index contributed by atoms with van der Waals surface area (Å²) in [6.07, 6.45) is 2.17. The fourth-order valence-electron chi connectivity index (χ4n) is 8.81. The number of hydrogen-bond donors (Lipinski definition) is 1. The van der Waals surface area contributed by atoms with Gasteiger partial charge in [0.15, 0.2) is 0 Å². The number of nitrogens with zero attached hydrogens (tertiary/aromatic N) is 2. The molecule has 9 aromatic rings. The van der Waals surface area contributed by atoms with Gasteiger partial charge in [0.05, 0.1) is 22.6 Å². The molecule has 8 aromatic carbocycles. The Kier molecular flexibility index (Phi) is 6.93. The number of hydrogen-bond acceptors (Lipinski definition) is 2. The first-order chi connectivity index (χ1) is 26.8. The number of rotatable bonds is 4. The third-order valence-corrected chi connectivity index (χ3v) is 11.2. The maximum atomic E-state index is 3.52. The van der Waals surface area contributed by atoms with Crippen LogP contribution in [0.25, 0.3) is 66.4 Å². The van der Waals surface area contributed by atoms with Gasteiger partial charge in [0, 0.05) is 51.8 Å². The van der Waals surface area contributed by atoms with Crippen LogP contribution < -0.4 is 10.2 Å². The molecular formula is C51H35N3. The van der Waals surface area contributed by atoms with Crippen LogP contribution in [0.1, 0.15) is 16.7 Å². The van der Waals surface area contributed by atoms with Crippen LogP contribution in [0.5, 0.6) is 0 Å². The molecule has 2 aliphatic rings. The van der Waals surface area contributed by atoms with E-state index in [1.54, 1.807) is 0 Å². The summed E-state index contributed by atoms with van der Waals surface area (Å²) in [6, 6.07) is 68.8. The van der Waals surface area contributed by atoms with Crippen LogP contribution >= 0.6 is 0 Å². The average Bonchev–Trinajstić information content (AvgIpc) is 3.52. The van der Waals surface area contributed by atoms with Crippen molar-refractivity contribution < 1.29 is 0 Å². The van der Waals surface area contributed by atoms with E-state index in [0.29, 0.717) is 0 Å². The molecule has 3 nitrogen and oxygen atoms in total. The van der Waals surface area contributed by atoms with Gasteiger partial charge in [-0.15, -0.1) is 0 Å². The molecule has 0 aliphatic carbocycles. The Morgan fingerprint density at radius 2 is 1.06 bits per heavy atom. The van der Waals surface area contributed by atoms with E-state index in [1.165, 1.54) is 77.5 Å². The molecule has 0 amide bonds. The molecule has 0 spiro atoms. The first-order valence-corrected chi connectivity index (χ1v) is 18.6. The monoisotopic (exact) mass is 689 g/mol. The summed E-state index contributed by atoms with van der Waals surface area (Å²) in [7, 11) is 0. The molecular weight excluding hydrogens is 655 g/mol. The third kappa shape index (κ3) is 4.69. The summed E-state index contributed by atoms with van der Waals surface area (Å²) in [4.78, 5) is 2.46. The smallest absolute Gasteiger partial charge is 0.0641 e. The van der Waals surface area contributed by atoms with Gasteiger partial charge in [-0.1, -0.05) is 146 Å². The molecule has 0 saturated heterocycles. The molecule has 54 heavy (non-hydrogen) atoms. The molecule has 3 heteroatoms. The van der Waals surface area contributed by atoms with Gasteiger partial charge in [0.2, 0.25) is 0 Å². The number of benzene rings is 8. The Labute approximate surface area is 314 Å². The molecule has 1 N–H and O–H groups in total. The maximum Gasteiger partial charge on any atom is 0.0641 e. The van der Waals surface area contributed by atoms with Crippen LogP contribution in [0.3, 0.4) is 0 Å². The van der Waals surface area contributed by atoms with Crippen molar-refractivity contribution in [3.05, 3.63) is 211 Å². The zero-order chi connectivity index (χ0) is 35.6. The zero-order valence-electron chi connectivity index (χ0n) is 29.6. The zero-order valence-corrected chi connectivity index (χ0v) is 29.6. The fourth-order valence-corrected chi connectivity index (χ4v) is 8.81. The second-order valence-electron chi connectivity index (χ2n) is 14.2. The van der Waals surface area contributed by atoms with Crippen LogP contribution in [0, 0.1) is 0 Å². The lowest BCUT2D eigenvalue weighted by Crippen LogP contribution is -2.14. The summed E-state index contributed by atoms with van der Waals surface area (Å²) in [5, 5.41) is 7.26. The topological polar surface area (TPSA) is 20.2 Å². The second-order valence-corrected chi connectivity index (χ2v) is 14.2. The molecule has 3 heterocycles. The quantitative estimate of drug-likeness (QED) is 0.198. The van der Waals surface area contributed by atoms with Crippen molar-refractivity contribution in [3.63, 3.8) is 0 Å². The Bertz CT molecular complexity index is 2960. The van der Waals surface area contributed by atoms with E-state index < -0.39 is 0 Å². The summed E-state index contributed by atoms with van der Waals surface area (Å²) < 4.78 is 2.49. The van der Waals surface area contributed by atoms with Crippen molar-refractivity contribution in [2.45, 2.75) is 6.54 Å². The predicted molar refractivity (Wildman–Crippen MR) is 226 cm³/mol. The molecule has 0 bridgehead atoms. The first kappa shape index (κ1) is 30.5.